The molecule has 0 amide bonds. The van der Waals surface area contributed by atoms with Gasteiger partial charge in [0.05, 0.1) is 0 Å². The fraction of sp³-hybridized carbons (Fsp3) is 0.636. The highest BCUT2D eigenvalue weighted by molar-refractivity contribution is 5.03. The summed E-state index contributed by atoms with van der Waals surface area (Å²) in [6, 6.07) is 0. The monoisotopic (exact) mass is 223 g/mol. The van der Waals surface area contributed by atoms with Crippen molar-refractivity contribution in [2.24, 2.45) is 11.7 Å². The van der Waals surface area contributed by atoms with Crippen molar-refractivity contribution in [1.82, 2.24) is 9.97 Å². The van der Waals surface area contributed by atoms with Crippen LogP contribution in [0.4, 0.5) is 0 Å². The summed E-state index contributed by atoms with van der Waals surface area (Å²) in [7, 11) is 0. The molecule has 0 bridgehead atoms. The van der Waals surface area contributed by atoms with E-state index in [0.29, 0.717) is 12.5 Å². The number of nitrogens with one attached hydrogen (secondary N) is 1. The number of hydrogen-bond donors (Lipinski definition) is 2. The largest absolute Gasteiger partial charge is 0.470 e. The van der Waals surface area contributed by atoms with E-state index in [1.165, 1.54) is 18.8 Å². The third-order valence-electron chi connectivity index (χ3n) is 3.08. The first kappa shape index (κ1) is 11.1. The smallest absolute Gasteiger partial charge is 0.310 e. The lowest BCUT2D eigenvalue weighted by Crippen LogP contribution is -2.36. The second kappa shape index (κ2) is 5.12. The molecule has 1 aromatic heterocycles. The lowest BCUT2D eigenvalue weighted by atomic mass is 9.86. The van der Waals surface area contributed by atoms with Crippen LogP contribution in [0.15, 0.2) is 17.2 Å². The van der Waals surface area contributed by atoms with E-state index in [-0.39, 0.29) is 17.5 Å². The summed E-state index contributed by atoms with van der Waals surface area (Å²) in [4.78, 5) is 17.9. The minimum Gasteiger partial charge on any atom is -0.470 e. The second-order valence-corrected chi connectivity index (χ2v) is 4.16. The molecule has 88 valence electrons. The topological polar surface area (TPSA) is 81.0 Å². The highest BCUT2D eigenvalue weighted by Gasteiger charge is 2.26. The summed E-state index contributed by atoms with van der Waals surface area (Å²) in [6.07, 6.45) is 7.42. The predicted octanol–water partition coefficient (Wildman–Crippen LogP) is 0.666. The number of ether oxygens (including phenoxy) is 1. The lowest BCUT2D eigenvalue weighted by molar-refractivity contribution is 0.0905. The number of aromatic amines is 1. The lowest BCUT2D eigenvalue weighted by Gasteiger charge is -2.30. The third kappa shape index (κ3) is 2.41. The maximum absolute atomic E-state index is 11.4. The highest BCUT2D eigenvalue weighted by atomic mass is 16.5. The first-order chi connectivity index (χ1) is 7.81. The van der Waals surface area contributed by atoms with E-state index in [4.69, 9.17) is 10.5 Å². The van der Waals surface area contributed by atoms with Gasteiger partial charge in [-0.05, 0) is 25.8 Å². The zero-order chi connectivity index (χ0) is 11.4. The summed E-state index contributed by atoms with van der Waals surface area (Å²) in [5, 5.41) is 0. The average molecular weight is 223 g/mol. The van der Waals surface area contributed by atoms with Crippen LogP contribution in [-0.2, 0) is 0 Å². The molecule has 0 radical (unpaired) electrons. The number of nitrogens with zero attached hydrogens (tertiary/aromatic N) is 1. The SMILES string of the molecule is NCC1CCCCC1Oc1ncc[nH]c1=O. The molecule has 0 aliphatic heterocycles. The van der Waals surface area contributed by atoms with Gasteiger partial charge in [0.1, 0.15) is 6.10 Å². The van der Waals surface area contributed by atoms with Gasteiger partial charge in [-0.1, -0.05) is 6.42 Å². The van der Waals surface area contributed by atoms with Crippen molar-refractivity contribution >= 4 is 0 Å². The van der Waals surface area contributed by atoms with Crippen LogP contribution in [-0.4, -0.2) is 22.6 Å². The van der Waals surface area contributed by atoms with Gasteiger partial charge in [-0.2, -0.15) is 0 Å². The molecule has 0 spiro atoms. The van der Waals surface area contributed by atoms with Crippen LogP contribution in [0.2, 0.25) is 0 Å². The average Bonchev–Trinajstić information content (AvgIpc) is 2.33. The van der Waals surface area contributed by atoms with Crippen molar-refractivity contribution in [2.45, 2.75) is 31.8 Å². The van der Waals surface area contributed by atoms with Crippen LogP contribution in [0.25, 0.3) is 0 Å². The van der Waals surface area contributed by atoms with Crippen molar-refractivity contribution in [3.63, 3.8) is 0 Å². The summed E-state index contributed by atoms with van der Waals surface area (Å²) in [5.41, 5.74) is 5.42. The highest BCUT2D eigenvalue weighted by Crippen LogP contribution is 2.26. The van der Waals surface area contributed by atoms with Gasteiger partial charge in [0.25, 0.3) is 5.88 Å². The molecule has 0 saturated heterocycles. The molecule has 3 N–H and O–H groups in total. The summed E-state index contributed by atoms with van der Waals surface area (Å²) < 4.78 is 5.65. The van der Waals surface area contributed by atoms with Gasteiger partial charge in [0.2, 0.25) is 0 Å². The Hall–Kier alpha value is -1.36. The van der Waals surface area contributed by atoms with E-state index in [0.717, 1.165) is 19.3 Å². The Morgan fingerprint density at radius 1 is 1.50 bits per heavy atom. The summed E-state index contributed by atoms with van der Waals surface area (Å²) in [6.45, 7) is 0.607. The van der Waals surface area contributed by atoms with Crippen LogP contribution in [0.3, 0.4) is 0 Å². The van der Waals surface area contributed by atoms with E-state index in [2.05, 4.69) is 9.97 Å². The fourth-order valence-corrected chi connectivity index (χ4v) is 2.16. The minimum atomic E-state index is -0.274. The fourth-order valence-electron chi connectivity index (χ4n) is 2.16. The number of nitrogens with two attached hydrogens (primary N) is 1. The van der Waals surface area contributed by atoms with Gasteiger partial charge < -0.3 is 15.5 Å². The molecule has 2 rings (SSSR count). The molecule has 1 saturated carbocycles. The van der Waals surface area contributed by atoms with Crippen LogP contribution in [0.1, 0.15) is 25.7 Å². The quantitative estimate of drug-likeness (QED) is 0.789. The third-order valence-corrected chi connectivity index (χ3v) is 3.08. The van der Waals surface area contributed by atoms with Gasteiger partial charge in [-0.25, -0.2) is 4.98 Å². The Kier molecular flexibility index (Phi) is 3.56. The van der Waals surface area contributed by atoms with Crippen LogP contribution < -0.4 is 16.0 Å². The molecule has 5 heteroatoms. The Morgan fingerprint density at radius 2 is 2.31 bits per heavy atom. The number of H-pyrrole nitrogens is 1. The molecule has 2 atom stereocenters. The van der Waals surface area contributed by atoms with Crippen molar-refractivity contribution in [2.75, 3.05) is 6.54 Å². The number of rotatable bonds is 3. The normalized spacial score (nSPS) is 25.3. The van der Waals surface area contributed by atoms with Gasteiger partial charge in [-0.3, -0.25) is 4.79 Å². The van der Waals surface area contributed by atoms with Gasteiger partial charge in [0, 0.05) is 18.3 Å². The molecular formula is C11H17N3O2. The summed E-state index contributed by atoms with van der Waals surface area (Å²) >= 11 is 0. The van der Waals surface area contributed by atoms with Gasteiger partial charge >= 0.3 is 5.56 Å². The van der Waals surface area contributed by atoms with Crippen molar-refractivity contribution in [1.29, 1.82) is 0 Å². The Bertz CT molecular complexity index is 391. The molecule has 0 aromatic carbocycles. The van der Waals surface area contributed by atoms with E-state index in [9.17, 15) is 4.79 Å². The van der Waals surface area contributed by atoms with E-state index >= 15 is 0 Å². The number of aromatic nitrogens is 2. The molecule has 1 aliphatic rings. The van der Waals surface area contributed by atoms with Crippen LogP contribution in [0.5, 0.6) is 5.88 Å². The molecule has 1 fully saturated rings. The Balaban J connectivity index is 2.08. The minimum absolute atomic E-state index is 0.0368. The predicted molar refractivity (Wildman–Crippen MR) is 60.3 cm³/mol. The van der Waals surface area contributed by atoms with Crippen LogP contribution >= 0.6 is 0 Å². The van der Waals surface area contributed by atoms with Gasteiger partial charge in [-0.15, -0.1) is 0 Å². The maximum Gasteiger partial charge on any atom is 0.310 e. The molecule has 1 heterocycles. The maximum atomic E-state index is 11.4. The van der Waals surface area contributed by atoms with Crippen molar-refractivity contribution in [3.05, 3.63) is 22.7 Å². The second-order valence-electron chi connectivity index (χ2n) is 4.16. The standard InChI is InChI=1S/C11H17N3O2/c12-7-8-3-1-2-4-9(8)16-11-10(15)13-5-6-14-11/h5-6,8-9H,1-4,7,12H2,(H,13,15). The van der Waals surface area contributed by atoms with E-state index in [1.807, 2.05) is 0 Å². The molecule has 1 aliphatic carbocycles. The molecule has 2 unspecified atom stereocenters. The Morgan fingerprint density at radius 3 is 3.06 bits per heavy atom. The molecular weight excluding hydrogens is 206 g/mol. The van der Waals surface area contributed by atoms with E-state index in [1.54, 1.807) is 0 Å². The van der Waals surface area contributed by atoms with Crippen LogP contribution in [0, 0.1) is 5.92 Å². The zero-order valence-corrected chi connectivity index (χ0v) is 9.19. The van der Waals surface area contributed by atoms with E-state index < -0.39 is 0 Å². The van der Waals surface area contributed by atoms with Crippen molar-refractivity contribution < 1.29 is 4.74 Å². The Labute approximate surface area is 94.0 Å². The first-order valence-electron chi connectivity index (χ1n) is 5.71. The first-order valence-corrected chi connectivity index (χ1v) is 5.71. The van der Waals surface area contributed by atoms with Gasteiger partial charge in [0.15, 0.2) is 0 Å². The van der Waals surface area contributed by atoms with Crippen molar-refractivity contribution in [3.8, 4) is 5.88 Å². The number of hydrogen-bond acceptors (Lipinski definition) is 4. The molecule has 16 heavy (non-hydrogen) atoms. The zero-order valence-electron chi connectivity index (χ0n) is 9.19. The molecule has 1 aromatic rings. The summed E-state index contributed by atoms with van der Waals surface area (Å²) in [5.74, 6) is 0.503. The molecule has 5 nitrogen and oxygen atoms in total.